The highest BCUT2D eigenvalue weighted by molar-refractivity contribution is 7.99. The van der Waals surface area contributed by atoms with E-state index >= 15 is 0 Å². The molecule has 2 aromatic carbocycles. The van der Waals surface area contributed by atoms with Crippen molar-refractivity contribution in [2.45, 2.75) is 25.8 Å². The van der Waals surface area contributed by atoms with E-state index in [2.05, 4.69) is 60.1 Å². The van der Waals surface area contributed by atoms with Crippen LogP contribution in [0.4, 0.5) is 40.2 Å². The number of hydrogen-bond acceptors (Lipinski definition) is 13. The molecule has 2 fully saturated rings. The van der Waals surface area contributed by atoms with Crippen molar-refractivity contribution in [3.8, 4) is 5.75 Å². The fourth-order valence-corrected chi connectivity index (χ4v) is 7.16. The summed E-state index contributed by atoms with van der Waals surface area (Å²) in [5.41, 5.74) is 13.8. The number of ether oxygens (including phenoxy) is 1. The second-order valence-electron chi connectivity index (χ2n) is 12.5. The van der Waals surface area contributed by atoms with Gasteiger partial charge in [0.1, 0.15) is 11.3 Å². The second-order valence-corrected chi connectivity index (χ2v) is 13.4. The molecule has 0 amide bonds. The maximum absolute atomic E-state index is 6.52. The van der Waals surface area contributed by atoms with E-state index in [9.17, 15) is 0 Å². The van der Waals surface area contributed by atoms with Crippen LogP contribution in [-0.2, 0) is 0 Å². The standard InChI is InChI=1S/C34H47N11OS/c1-23-20-29(30(46-6)21-28(23)45-14-10-24(11-15-45)44-18-16-40(2)17-19-44)42(4)34-38-22-25(35)33(39-34)41(3)27-9-8-26-31(37-13-12-36-26)32(27)43(5)47-7/h8-9,12-13,20-22,24H,10-11,14-19,35H2,1-7H3. The molecule has 0 radical (unpaired) electrons. The zero-order valence-corrected chi connectivity index (χ0v) is 29.5. The van der Waals surface area contributed by atoms with Crippen molar-refractivity contribution in [2.75, 3.05) is 106 Å². The second kappa shape index (κ2) is 14.0. The first-order valence-electron chi connectivity index (χ1n) is 16.2. The summed E-state index contributed by atoms with van der Waals surface area (Å²) in [4.78, 5) is 30.4. The number of piperazine rings is 1. The molecule has 47 heavy (non-hydrogen) atoms. The molecule has 250 valence electrons. The Balaban J connectivity index is 1.26. The van der Waals surface area contributed by atoms with Crippen LogP contribution in [0.5, 0.6) is 5.75 Å². The Hall–Kier alpha value is -4.07. The number of fused-ring (bicyclic) bond motifs is 1. The number of nitrogens with zero attached hydrogens (tertiary/aromatic N) is 10. The minimum atomic E-state index is 0.472. The predicted molar refractivity (Wildman–Crippen MR) is 196 cm³/mol. The van der Waals surface area contributed by atoms with Crippen molar-refractivity contribution >= 4 is 63.2 Å². The highest BCUT2D eigenvalue weighted by Gasteiger charge is 2.28. The minimum absolute atomic E-state index is 0.472. The first-order chi connectivity index (χ1) is 22.7. The number of piperidine rings is 1. The third-order valence-corrected chi connectivity index (χ3v) is 10.4. The fraction of sp³-hybridized carbons (Fsp3) is 0.471. The van der Waals surface area contributed by atoms with E-state index in [1.165, 1.54) is 37.2 Å². The lowest BCUT2D eigenvalue weighted by atomic mass is 10.0. The number of nitrogens with two attached hydrogens (primary N) is 1. The minimum Gasteiger partial charge on any atom is -0.494 e. The zero-order chi connectivity index (χ0) is 33.2. The van der Waals surface area contributed by atoms with E-state index < -0.39 is 0 Å². The highest BCUT2D eigenvalue weighted by Crippen LogP contribution is 2.42. The summed E-state index contributed by atoms with van der Waals surface area (Å²) in [6, 6.07) is 9.02. The normalized spacial score (nSPS) is 16.4. The van der Waals surface area contributed by atoms with Gasteiger partial charge in [-0.25, -0.2) is 4.98 Å². The van der Waals surface area contributed by atoms with Crippen LogP contribution in [0.1, 0.15) is 18.4 Å². The molecule has 2 aliphatic rings. The summed E-state index contributed by atoms with van der Waals surface area (Å²) in [5.74, 6) is 1.89. The van der Waals surface area contributed by atoms with E-state index in [0.29, 0.717) is 23.5 Å². The summed E-state index contributed by atoms with van der Waals surface area (Å²) >= 11 is 1.60. The summed E-state index contributed by atoms with van der Waals surface area (Å²) in [6.45, 7) is 8.93. The molecule has 13 heteroatoms. The number of aryl methyl sites for hydroxylation is 1. The quantitative estimate of drug-likeness (QED) is 0.250. The maximum atomic E-state index is 6.52. The number of likely N-dealkylation sites (N-methyl/N-ethyl adjacent to an activating group) is 1. The number of anilines is 7. The molecule has 0 unspecified atom stereocenters. The van der Waals surface area contributed by atoms with Gasteiger partial charge < -0.3 is 34.4 Å². The summed E-state index contributed by atoms with van der Waals surface area (Å²) < 4.78 is 8.06. The van der Waals surface area contributed by atoms with Gasteiger partial charge in [-0.1, -0.05) is 11.9 Å². The van der Waals surface area contributed by atoms with Gasteiger partial charge >= 0.3 is 0 Å². The lowest BCUT2D eigenvalue weighted by Crippen LogP contribution is -2.52. The van der Waals surface area contributed by atoms with Gasteiger partial charge in [0.15, 0.2) is 5.82 Å². The Morgan fingerprint density at radius 1 is 0.915 bits per heavy atom. The van der Waals surface area contributed by atoms with Crippen molar-refractivity contribution in [1.82, 2.24) is 29.7 Å². The lowest BCUT2D eigenvalue weighted by Gasteiger charge is -2.43. The molecular weight excluding hydrogens is 611 g/mol. The highest BCUT2D eigenvalue weighted by atomic mass is 32.2. The van der Waals surface area contributed by atoms with Crippen LogP contribution in [0.3, 0.4) is 0 Å². The zero-order valence-electron chi connectivity index (χ0n) is 28.6. The largest absolute Gasteiger partial charge is 0.494 e. The number of benzene rings is 2. The molecule has 12 nitrogen and oxygen atoms in total. The molecule has 0 spiro atoms. The predicted octanol–water partition coefficient (Wildman–Crippen LogP) is 4.79. The average molecular weight is 658 g/mol. The molecule has 2 aromatic heterocycles. The van der Waals surface area contributed by atoms with Crippen LogP contribution in [-0.4, -0.2) is 117 Å². The van der Waals surface area contributed by atoms with Gasteiger partial charge in [0, 0.05) is 96.9 Å². The number of aromatic nitrogens is 4. The van der Waals surface area contributed by atoms with Gasteiger partial charge in [-0.2, -0.15) is 4.98 Å². The van der Waals surface area contributed by atoms with Crippen molar-refractivity contribution in [1.29, 1.82) is 0 Å². The first kappa shape index (κ1) is 32.9. The number of nitrogen functional groups attached to an aromatic ring is 1. The molecular formula is C34H47N11OS. The number of hydrogen-bond donors (Lipinski definition) is 1. The summed E-state index contributed by atoms with van der Waals surface area (Å²) in [6.07, 6.45) is 9.48. The Morgan fingerprint density at radius 3 is 2.34 bits per heavy atom. The molecule has 0 aliphatic carbocycles. The third-order valence-electron chi connectivity index (χ3n) is 9.66. The Bertz CT molecular complexity index is 1710. The number of rotatable bonds is 9. The van der Waals surface area contributed by atoms with Gasteiger partial charge in [-0.15, -0.1) is 0 Å². The van der Waals surface area contributed by atoms with E-state index in [1.807, 2.05) is 49.3 Å². The summed E-state index contributed by atoms with van der Waals surface area (Å²) in [7, 11) is 9.89. The Kier molecular flexibility index (Phi) is 9.76. The van der Waals surface area contributed by atoms with Crippen molar-refractivity contribution < 1.29 is 4.74 Å². The fourth-order valence-electron chi connectivity index (χ4n) is 6.80. The first-order valence-corrected chi connectivity index (χ1v) is 17.4. The average Bonchev–Trinajstić information content (AvgIpc) is 3.10. The Morgan fingerprint density at radius 2 is 1.64 bits per heavy atom. The molecule has 0 saturated carbocycles. The van der Waals surface area contributed by atoms with Crippen LogP contribution in [0, 0.1) is 6.92 Å². The van der Waals surface area contributed by atoms with E-state index in [-0.39, 0.29) is 0 Å². The topological polar surface area (TPSA) is 106 Å². The molecule has 2 saturated heterocycles. The van der Waals surface area contributed by atoms with Gasteiger partial charge in [-0.3, -0.25) is 14.9 Å². The van der Waals surface area contributed by atoms with Crippen LogP contribution < -0.4 is 29.5 Å². The molecule has 0 atom stereocenters. The van der Waals surface area contributed by atoms with E-state index in [1.54, 1.807) is 37.6 Å². The summed E-state index contributed by atoms with van der Waals surface area (Å²) in [5, 5.41) is 0. The molecule has 4 heterocycles. The molecule has 4 aromatic rings. The van der Waals surface area contributed by atoms with Crippen LogP contribution in [0.2, 0.25) is 0 Å². The van der Waals surface area contributed by atoms with E-state index in [0.717, 1.165) is 60.0 Å². The number of methoxy groups -OCH3 is 1. The van der Waals surface area contributed by atoms with Crippen molar-refractivity contribution in [3.63, 3.8) is 0 Å². The van der Waals surface area contributed by atoms with Gasteiger partial charge in [0.05, 0.1) is 41.6 Å². The van der Waals surface area contributed by atoms with Crippen LogP contribution >= 0.6 is 11.9 Å². The monoisotopic (exact) mass is 657 g/mol. The molecule has 2 N–H and O–H groups in total. The molecule has 6 rings (SSSR count). The van der Waals surface area contributed by atoms with Crippen LogP contribution in [0.25, 0.3) is 11.0 Å². The van der Waals surface area contributed by atoms with Crippen molar-refractivity contribution in [3.05, 3.63) is 48.4 Å². The van der Waals surface area contributed by atoms with Crippen molar-refractivity contribution in [2.24, 2.45) is 0 Å². The SMILES string of the molecule is COc1cc(N2CCC(N3CCN(C)CC3)CC2)c(C)cc1N(C)c1ncc(N)c(N(C)c2ccc3nccnc3c2N(C)SC)n1. The smallest absolute Gasteiger partial charge is 0.231 e. The third kappa shape index (κ3) is 6.56. The van der Waals surface area contributed by atoms with Gasteiger partial charge in [-0.05, 0) is 50.6 Å². The lowest BCUT2D eigenvalue weighted by molar-refractivity contribution is 0.0982. The van der Waals surface area contributed by atoms with E-state index in [4.69, 9.17) is 15.5 Å². The molecule has 0 bridgehead atoms. The van der Waals surface area contributed by atoms with Gasteiger partial charge in [0.2, 0.25) is 5.95 Å². The van der Waals surface area contributed by atoms with Crippen LogP contribution in [0.15, 0.2) is 42.9 Å². The Labute approximate surface area is 282 Å². The maximum Gasteiger partial charge on any atom is 0.231 e. The molecule has 2 aliphatic heterocycles. The van der Waals surface area contributed by atoms with Gasteiger partial charge in [0.25, 0.3) is 0 Å².